The zero-order chi connectivity index (χ0) is 15.1. The molecule has 1 aromatic rings. The lowest BCUT2D eigenvalue weighted by atomic mass is 10.1. The molecule has 0 spiro atoms. The second-order valence-electron chi connectivity index (χ2n) is 5.08. The molecular weight excluding hydrogens is 256 g/mol. The monoisotopic (exact) mass is 278 g/mol. The van der Waals surface area contributed by atoms with E-state index in [9.17, 15) is 9.59 Å². The minimum absolute atomic E-state index is 0.0753. The maximum atomic E-state index is 11.7. The third-order valence-corrected chi connectivity index (χ3v) is 3.20. The molecule has 3 N–H and O–H groups in total. The number of aliphatic hydroxyl groups is 1. The summed E-state index contributed by atoms with van der Waals surface area (Å²) in [5, 5.41) is 13.9. The van der Waals surface area contributed by atoms with Crippen molar-refractivity contribution in [2.24, 2.45) is 5.92 Å². The van der Waals surface area contributed by atoms with Crippen molar-refractivity contribution in [2.45, 2.75) is 27.2 Å². The van der Waals surface area contributed by atoms with Gasteiger partial charge in [-0.05, 0) is 49.4 Å². The Balaban J connectivity index is 2.49. The number of carbonyl (C=O) groups is 2. The summed E-state index contributed by atoms with van der Waals surface area (Å²) in [6.45, 7) is 6.28. The Kier molecular flexibility index (Phi) is 6.18. The predicted octanol–water partition coefficient (Wildman–Crippen LogP) is 1.38. The highest BCUT2D eigenvalue weighted by atomic mass is 16.3. The summed E-state index contributed by atoms with van der Waals surface area (Å²) in [5.41, 5.74) is 2.79. The van der Waals surface area contributed by atoms with Gasteiger partial charge in [0.2, 0.25) is 0 Å². The molecule has 0 heterocycles. The van der Waals surface area contributed by atoms with Crippen LogP contribution in [0.2, 0.25) is 0 Å². The Morgan fingerprint density at radius 3 is 2.50 bits per heavy atom. The molecule has 1 atom stereocenters. The van der Waals surface area contributed by atoms with E-state index in [4.69, 9.17) is 5.11 Å². The van der Waals surface area contributed by atoms with Gasteiger partial charge in [-0.1, -0.05) is 13.0 Å². The van der Waals surface area contributed by atoms with E-state index in [0.29, 0.717) is 18.7 Å². The van der Waals surface area contributed by atoms with Crippen LogP contribution in [0, 0.1) is 19.8 Å². The molecule has 0 saturated heterocycles. The van der Waals surface area contributed by atoms with Gasteiger partial charge in [-0.3, -0.25) is 9.59 Å². The molecule has 20 heavy (non-hydrogen) atoms. The Morgan fingerprint density at radius 2 is 1.90 bits per heavy atom. The van der Waals surface area contributed by atoms with Gasteiger partial charge in [0.25, 0.3) is 0 Å². The smallest absolute Gasteiger partial charge is 0.313 e. The van der Waals surface area contributed by atoms with Crippen LogP contribution in [0.25, 0.3) is 0 Å². The minimum Gasteiger partial charge on any atom is -0.396 e. The highest BCUT2D eigenvalue weighted by Gasteiger charge is 2.14. The van der Waals surface area contributed by atoms with Gasteiger partial charge in [-0.25, -0.2) is 0 Å². The average Bonchev–Trinajstić information content (AvgIpc) is 2.40. The van der Waals surface area contributed by atoms with Crippen LogP contribution in [0.3, 0.4) is 0 Å². The number of hydrogen-bond acceptors (Lipinski definition) is 3. The molecule has 1 unspecified atom stereocenters. The third-order valence-electron chi connectivity index (χ3n) is 3.20. The SMILES string of the molecule is Cc1ccc(NC(=O)C(=O)NCC(C)CCO)cc1C. The first-order chi connectivity index (χ1) is 9.43. The average molecular weight is 278 g/mol. The quantitative estimate of drug-likeness (QED) is 0.712. The highest BCUT2D eigenvalue weighted by Crippen LogP contribution is 2.13. The number of carbonyl (C=O) groups excluding carboxylic acids is 2. The highest BCUT2D eigenvalue weighted by molar-refractivity contribution is 6.39. The van der Waals surface area contributed by atoms with Gasteiger partial charge in [-0.2, -0.15) is 0 Å². The first-order valence-corrected chi connectivity index (χ1v) is 6.71. The zero-order valence-electron chi connectivity index (χ0n) is 12.2. The number of aliphatic hydroxyl groups excluding tert-OH is 1. The van der Waals surface area contributed by atoms with Crippen LogP contribution in [0.5, 0.6) is 0 Å². The Bertz CT molecular complexity index is 486. The first-order valence-electron chi connectivity index (χ1n) is 6.71. The van der Waals surface area contributed by atoms with Crippen molar-refractivity contribution in [3.05, 3.63) is 29.3 Å². The molecule has 0 bridgehead atoms. The fourth-order valence-electron chi connectivity index (χ4n) is 1.68. The lowest BCUT2D eigenvalue weighted by molar-refractivity contribution is -0.136. The molecule has 1 aromatic carbocycles. The standard InChI is InChI=1S/C15H22N2O3/c1-10(6-7-18)9-16-14(19)15(20)17-13-5-4-11(2)12(3)8-13/h4-5,8,10,18H,6-7,9H2,1-3H3,(H,16,19)(H,17,20). The van der Waals surface area contributed by atoms with Crippen molar-refractivity contribution in [3.63, 3.8) is 0 Å². The third kappa shape index (κ3) is 5.01. The van der Waals surface area contributed by atoms with Crippen molar-refractivity contribution in [1.29, 1.82) is 0 Å². The van der Waals surface area contributed by atoms with Crippen LogP contribution < -0.4 is 10.6 Å². The molecule has 1 rings (SSSR count). The summed E-state index contributed by atoms with van der Waals surface area (Å²) >= 11 is 0. The lowest BCUT2D eigenvalue weighted by Gasteiger charge is -2.11. The Hall–Kier alpha value is -1.88. The van der Waals surface area contributed by atoms with E-state index in [1.807, 2.05) is 32.9 Å². The summed E-state index contributed by atoms with van der Waals surface area (Å²) < 4.78 is 0. The predicted molar refractivity (Wildman–Crippen MR) is 78.4 cm³/mol. The number of rotatable bonds is 5. The van der Waals surface area contributed by atoms with E-state index < -0.39 is 11.8 Å². The number of amides is 2. The maximum Gasteiger partial charge on any atom is 0.313 e. The zero-order valence-corrected chi connectivity index (χ0v) is 12.2. The van der Waals surface area contributed by atoms with Crippen LogP contribution in [-0.2, 0) is 9.59 Å². The normalized spacial score (nSPS) is 11.8. The van der Waals surface area contributed by atoms with Crippen LogP contribution >= 0.6 is 0 Å². The van der Waals surface area contributed by atoms with Crippen molar-refractivity contribution < 1.29 is 14.7 Å². The summed E-state index contributed by atoms with van der Waals surface area (Å²) in [6.07, 6.45) is 0.596. The van der Waals surface area contributed by atoms with Gasteiger partial charge in [-0.15, -0.1) is 0 Å². The molecule has 0 fully saturated rings. The molecule has 5 heteroatoms. The van der Waals surface area contributed by atoms with Crippen LogP contribution in [0.4, 0.5) is 5.69 Å². The van der Waals surface area contributed by atoms with Gasteiger partial charge in [0.1, 0.15) is 0 Å². The van der Waals surface area contributed by atoms with Crippen LogP contribution in [0.1, 0.15) is 24.5 Å². The summed E-state index contributed by atoms with van der Waals surface area (Å²) in [7, 11) is 0. The Labute approximate surface area is 119 Å². The molecular formula is C15H22N2O3. The van der Waals surface area contributed by atoms with Gasteiger partial charge >= 0.3 is 11.8 Å². The molecule has 0 aromatic heterocycles. The van der Waals surface area contributed by atoms with Crippen molar-refractivity contribution in [3.8, 4) is 0 Å². The van der Waals surface area contributed by atoms with Crippen molar-refractivity contribution in [1.82, 2.24) is 5.32 Å². The number of nitrogens with one attached hydrogen (secondary N) is 2. The van der Waals surface area contributed by atoms with E-state index in [1.54, 1.807) is 6.07 Å². The van der Waals surface area contributed by atoms with Crippen molar-refractivity contribution >= 4 is 17.5 Å². The molecule has 0 aliphatic rings. The molecule has 0 radical (unpaired) electrons. The summed E-state index contributed by atoms with van der Waals surface area (Å²) in [4.78, 5) is 23.3. The van der Waals surface area contributed by atoms with Crippen LogP contribution in [0.15, 0.2) is 18.2 Å². The van der Waals surface area contributed by atoms with Gasteiger partial charge in [0.05, 0.1) is 0 Å². The Morgan fingerprint density at radius 1 is 1.20 bits per heavy atom. The fourth-order valence-corrected chi connectivity index (χ4v) is 1.68. The number of aryl methyl sites for hydroxylation is 2. The number of benzene rings is 1. The van der Waals surface area contributed by atoms with E-state index >= 15 is 0 Å². The molecule has 110 valence electrons. The van der Waals surface area contributed by atoms with E-state index in [1.165, 1.54) is 0 Å². The van der Waals surface area contributed by atoms with Gasteiger partial charge in [0, 0.05) is 18.8 Å². The van der Waals surface area contributed by atoms with E-state index in [0.717, 1.165) is 11.1 Å². The lowest BCUT2D eigenvalue weighted by Crippen LogP contribution is -2.37. The fraction of sp³-hybridized carbons (Fsp3) is 0.467. The number of anilines is 1. The van der Waals surface area contributed by atoms with Gasteiger partial charge < -0.3 is 15.7 Å². The molecule has 0 aliphatic carbocycles. The second kappa shape index (κ2) is 7.65. The van der Waals surface area contributed by atoms with Gasteiger partial charge in [0.15, 0.2) is 0 Å². The minimum atomic E-state index is -0.676. The largest absolute Gasteiger partial charge is 0.396 e. The molecule has 5 nitrogen and oxygen atoms in total. The molecule has 2 amide bonds. The van der Waals surface area contributed by atoms with E-state index in [2.05, 4.69) is 10.6 Å². The maximum absolute atomic E-state index is 11.7. The first kappa shape index (κ1) is 16.2. The summed E-state index contributed by atoms with van der Waals surface area (Å²) in [6, 6.07) is 5.49. The van der Waals surface area contributed by atoms with E-state index in [-0.39, 0.29) is 12.5 Å². The van der Waals surface area contributed by atoms with Crippen LogP contribution in [-0.4, -0.2) is 30.1 Å². The number of hydrogen-bond donors (Lipinski definition) is 3. The molecule has 0 saturated carbocycles. The second-order valence-corrected chi connectivity index (χ2v) is 5.08. The molecule has 0 aliphatic heterocycles. The summed E-state index contributed by atoms with van der Waals surface area (Å²) in [5.74, 6) is -1.20. The topological polar surface area (TPSA) is 78.4 Å². The van der Waals surface area contributed by atoms with Crippen molar-refractivity contribution in [2.75, 3.05) is 18.5 Å².